The smallest absolute Gasteiger partial charge is 0.125 e. The van der Waals surface area contributed by atoms with Gasteiger partial charge in [-0.15, -0.1) is 0 Å². The lowest BCUT2D eigenvalue weighted by Crippen LogP contribution is -2.52. The minimum Gasteiger partial charge on any atom is -0.496 e. The molecular formula is C21H30O3. The van der Waals surface area contributed by atoms with Gasteiger partial charge in [-0.2, -0.15) is 0 Å². The van der Waals surface area contributed by atoms with Crippen molar-refractivity contribution < 1.29 is 14.9 Å². The topological polar surface area (TPSA) is 49.7 Å². The summed E-state index contributed by atoms with van der Waals surface area (Å²) in [7, 11) is 1.76. The largest absolute Gasteiger partial charge is 0.496 e. The van der Waals surface area contributed by atoms with Gasteiger partial charge in [0.25, 0.3) is 0 Å². The molecule has 0 heterocycles. The maximum Gasteiger partial charge on any atom is 0.125 e. The molecule has 3 rings (SSSR count). The Labute approximate surface area is 145 Å². The number of hydrogen-bond acceptors (Lipinski definition) is 3. The summed E-state index contributed by atoms with van der Waals surface area (Å²) >= 11 is 0. The van der Waals surface area contributed by atoms with Gasteiger partial charge in [0, 0.05) is 0 Å². The van der Waals surface area contributed by atoms with Gasteiger partial charge in [0.05, 0.1) is 13.7 Å². The van der Waals surface area contributed by atoms with E-state index in [1.54, 1.807) is 7.11 Å². The Balaban J connectivity index is 2.11. The average Bonchev–Trinajstić information content (AvgIpc) is 2.57. The summed E-state index contributed by atoms with van der Waals surface area (Å²) in [5.41, 5.74) is 3.56. The third-order valence-electron chi connectivity index (χ3n) is 6.52. The number of methoxy groups -OCH3 is 1. The second-order valence-corrected chi connectivity index (χ2v) is 8.09. The summed E-state index contributed by atoms with van der Waals surface area (Å²) in [6.07, 6.45) is 3.29. The molecule has 0 amide bonds. The monoisotopic (exact) mass is 330 g/mol. The van der Waals surface area contributed by atoms with Gasteiger partial charge in [-0.25, -0.2) is 0 Å². The van der Waals surface area contributed by atoms with E-state index in [0.717, 1.165) is 30.6 Å². The van der Waals surface area contributed by atoms with Gasteiger partial charge >= 0.3 is 0 Å². The third-order valence-corrected chi connectivity index (χ3v) is 6.52. The fraction of sp³-hybridized carbons (Fsp3) is 0.619. The van der Waals surface area contributed by atoms with Crippen molar-refractivity contribution >= 4 is 0 Å². The van der Waals surface area contributed by atoms with Crippen molar-refractivity contribution in [2.45, 2.75) is 63.4 Å². The fourth-order valence-corrected chi connectivity index (χ4v) is 4.92. The lowest BCUT2D eigenvalue weighted by molar-refractivity contribution is -0.0304. The van der Waals surface area contributed by atoms with E-state index in [1.807, 2.05) is 0 Å². The number of rotatable bonds is 3. The standard InChI is InChI=1S/C21H30O3/c1-13(2)15-6-9-18-16(19(15)24-5)7-8-17-14(3)21(23,12-22)11-10-20(17,18)4/h6,9,13,17,22-23H,3,7-8,10-12H2,1-2,4-5H3/t17-,20-,21+/m0/s1. The van der Waals surface area contributed by atoms with Crippen molar-refractivity contribution in [3.05, 3.63) is 41.0 Å². The molecule has 1 fully saturated rings. The first kappa shape index (κ1) is 17.5. The van der Waals surface area contributed by atoms with E-state index in [2.05, 4.69) is 39.5 Å². The van der Waals surface area contributed by atoms with Crippen molar-refractivity contribution in [3.8, 4) is 5.75 Å². The van der Waals surface area contributed by atoms with Crippen LogP contribution in [0.3, 0.4) is 0 Å². The zero-order valence-corrected chi connectivity index (χ0v) is 15.4. The molecular weight excluding hydrogens is 300 g/mol. The van der Waals surface area contributed by atoms with Crippen LogP contribution >= 0.6 is 0 Å². The Hall–Kier alpha value is -1.32. The molecule has 3 heteroatoms. The highest BCUT2D eigenvalue weighted by Crippen LogP contribution is 2.56. The number of benzene rings is 1. The molecule has 0 radical (unpaired) electrons. The highest BCUT2D eigenvalue weighted by atomic mass is 16.5. The molecule has 0 aliphatic heterocycles. The van der Waals surface area contributed by atoms with Crippen molar-refractivity contribution in [1.29, 1.82) is 0 Å². The summed E-state index contributed by atoms with van der Waals surface area (Å²) < 4.78 is 5.81. The first-order chi connectivity index (χ1) is 11.3. The molecule has 1 aromatic rings. The number of fused-ring (bicyclic) bond motifs is 3. The first-order valence-electron chi connectivity index (χ1n) is 9.01. The zero-order valence-electron chi connectivity index (χ0n) is 15.4. The predicted octanol–water partition coefficient (Wildman–Crippen LogP) is 3.71. The lowest BCUT2D eigenvalue weighted by Gasteiger charge is -2.52. The van der Waals surface area contributed by atoms with Crippen LogP contribution in [0.4, 0.5) is 0 Å². The quantitative estimate of drug-likeness (QED) is 0.831. The van der Waals surface area contributed by atoms with Crippen molar-refractivity contribution in [3.63, 3.8) is 0 Å². The minimum absolute atomic E-state index is 0.0468. The third kappa shape index (κ3) is 2.33. The Morgan fingerprint density at radius 3 is 2.62 bits per heavy atom. The van der Waals surface area contributed by atoms with Crippen LogP contribution < -0.4 is 4.74 Å². The average molecular weight is 330 g/mol. The van der Waals surface area contributed by atoms with Crippen LogP contribution in [-0.2, 0) is 11.8 Å². The second kappa shape index (κ2) is 5.89. The maximum atomic E-state index is 10.7. The Morgan fingerprint density at radius 1 is 1.33 bits per heavy atom. The fourth-order valence-electron chi connectivity index (χ4n) is 4.92. The van der Waals surface area contributed by atoms with E-state index in [4.69, 9.17) is 4.74 Å². The number of ether oxygens (including phenoxy) is 1. The van der Waals surface area contributed by atoms with E-state index in [0.29, 0.717) is 12.3 Å². The van der Waals surface area contributed by atoms with Crippen molar-refractivity contribution in [2.75, 3.05) is 13.7 Å². The molecule has 0 unspecified atom stereocenters. The number of aliphatic hydroxyl groups is 2. The van der Waals surface area contributed by atoms with Gasteiger partial charge in [-0.05, 0) is 65.2 Å². The van der Waals surface area contributed by atoms with Gasteiger partial charge in [-0.3, -0.25) is 0 Å². The van der Waals surface area contributed by atoms with E-state index < -0.39 is 5.60 Å². The molecule has 0 spiro atoms. The van der Waals surface area contributed by atoms with Crippen LogP contribution in [0.25, 0.3) is 0 Å². The molecule has 0 saturated heterocycles. The van der Waals surface area contributed by atoms with E-state index >= 15 is 0 Å². The molecule has 1 aromatic carbocycles. The minimum atomic E-state index is -1.12. The summed E-state index contributed by atoms with van der Waals surface area (Å²) in [5, 5.41) is 20.3. The highest BCUT2D eigenvalue weighted by molar-refractivity contribution is 5.53. The molecule has 2 aliphatic carbocycles. The number of hydrogen-bond donors (Lipinski definition) is 2. The van der Waals surface area contributed by atoms with Crippen LogP contribution in [0.5, 0.6) is 5.75 Å². The Bertz CT molecular complexity index is 663. The molecule has 0 aromatic heterocycles. The molecule has 3 atom stereocenters. The normalized spacial score (nSPS) is 32.5. The van der Waals surface area contributed by atoms with E-state index in [-0.39, 0.29) is 17.9 Å². The maximum absolute atomic E-state index is 10.7. The van der Waals surface area contributed by atoms with Crippen LogP contribution in [0.1, 0.15) is 62.6 Å². The molecule has 2 aliphatic rings. The Morgan fingerprint density at radius 2 is 2.04 bits per heavy atom. The van der Waals surface area contributed by atoms with Gasteiger partial charge in [-0.1, -0.05) is 39.5 Å². The molecule has 3 nitrogen and oxygen atoms in total. The Kier molecular flexibility index (Phi) is 4.29. The van der Waals surface area contributed by atoms with Gasteiger partial charge in [0.2, 0.25) is 0 Å². The lowest BCUT2D eigenvalue weighted by atomic mass is 9.53. The number of aliphatic hydroxyl groups excluding tert-OH is 1. The second-order valence-electron chi connectivity index (χ2n) is 8.09. The molecule has 1 saturated carbocycles. The highest BCUT2D eigenvalue weighted by Gasteiger charge is 2.51. The molecule has 0 bridgehead atoms. The van der Waals surface area contributed by atoms with Gasteiger partial charge < -0.3 is 14.9 Å². The van der Waals surface area contributed by atoms with Crippen LogP contribution in [-0.4, -0.2) is 29.5 Å². The van der Waals surface area contributed by atoms with Crippen LogP contribution in [0.2, 0.25) is 0 Å². The van der Waals surface area contributed by atoms with Crippen LogP contribution in [0.15, 0.2) is 24.3 Å². The predicted molar refractivity (Wildman–Crippen MR) is 96.7 cm³/mol. The molecule has 132 valence electrons. The first-order valence-corrected chi connectivity index (χ1v) is 9.01. The SMILES string of the molecule is C=C1[C@@H]2CCc3c(ccc(C(C)C)c3OC)[C@@]2(C)CC[C@@]1(O)CO. The van der Waals surface area contributed by atoms with Crippen molar-refractivity contribution in [1.82, 2.24) is 0 Å². The van der Waals surface area contributed by atoms with Crippen LogP contribution in [0, 0.1) is 5.92 Å². The van der Waals surface area contributed by atoms with Crippen molar-refractivity contribution in [2.24, 2.45) is 5.92 Å². The van der Waals surface area contributed by atoms with E-state index in [1.165, 1.54) is 16.7 Å². The molecule has 2 N–H and O–H groups in total. The summed E-state index contributed by atoms with van der Waals surface area (Å²) in [4.78, 5) is 0. The molecule has 24 heavy (non-hydrogen) atoms. The van der Waals surface area contributed by atoms with Gasteiger partial charge in [0.1, 0.15) is 11.4 Å². The summed E-state index contributed by atoms with van der Waals surface area (Å²) in [6, 6.07) is 4.46. The van der Waals surface area contributed by atoms with Gasteiger partial charge in [0.15, 0.2) is 0 Å². The summed E-state index contributed by atoms with van der Waals surface area (Å²) in [5.74, 6) is 1.66. The van der Waals surface area contributed by atoms with E-state index in [9.17, 15) is 10.2 Å². The zero-order chi connectivity index (χ0) is 17.7. The summed E-state index contributed by atoms with van der Waals surface area (Å²) in [6.45, 7) is 10.6.